The molecule has 3 nitrogen and oxygen atoms in total. The van der Waals surface area contributed by atoms with Crippen LogP contribution in [0, 0.1) is 11.6 Å². The van der Waals surface area contributed by atoms with E-state index in [-0.39, 0.29) is 5.56 Å². The summed E-state index contributed by atoms with van der Waals surface area (Å²) in [5, 5.41) is 2.76. The van der Waals surface area contributed by atoms with Crippen molar-refractivity contribution in [3.05, 3.63) is 101 Å². The summed E-state index contributed by atoms with van der Waals surface area (Å²) >= 11 is 0. The first-order chi connectivity index (χ1) is 11.6. The van der Waals surface area contributed by atoms with Gasteiger partial charge in [0.25, 0.3) is 5.91 Å². The minimum atomic E-state index is -0.902. The lowest BCUT2D eigenvalue weighted by Crippen LogP contribution is -2.30. The fourth-order valence-corrected chi connectivity index (χ4v) is 2.40. The van der Waals surface area contributed by atoms with E-state index in [1.54, 1.807) is 18.3 Å². The maximum atomic E-state index is 13.8. The number of pyridine rings is 1. The highest BCUT2D eigenvalue weighted by atomic mass is 19.1. The molecule has 1 amide bonds. The summed E-state index contributed by atoms with van der Waals surface area (Å²) in [5.41, 5.74) is 1.22. The van der Waals surface area contributed by atoms with E-state index in [9.17, 15) is 13.6 Å². The molecule has 0 fully saturated rings. The van der Waals surface area contributed by atoms with Gasteiger partial charge in [0.05, 0.1) is 17.3 Å². The van der Waals surface area contributed by atoms with Gasteiger partial charge < -0.3 is 5.32 Å². The second kappa shape index (κ2) is 7.00. The van der Waals surface area contributed by atoms with E-state index in [0.29, 0.717) is 11.8 Å². The van der Waals surface area contributed by atoms with Gasteiger partial charge in [0.2, 0.25) is 0 Å². The maximum absolute atomic E-state index is 13.8. The molecule has 3 aromatic rings. The van der Waals surface area contributed by atoms with Crippen molar-refractivity contribution in [1.82, 2.24) is 10.3 Å². The quantitative estimate of drug-likeness (QED) is 0.791. The zero-order chi connectivity index (χ0) is 16.9. The minimum Gasteiger partial charge on any atom is -0.339 e. The molecule has 0 saturated heterocycles. The van der Waals surface area contributed by atoms with E-state index >= 15 is 0 Å². The Labute approximate surface area is 138 Å². The molecule has 0 aliphatic rings. The van der Waals surface area contributed by atoms with Crippen molar-refractivity contribution in [3.8, 4) is 0 Å². The third-order valence-corrected chi connectivity index (χ3v) is 3.57. The summed E-state index contributed by atoms with van der Waals surface area (Å²) in [4.78, 5) is 16.7. The normalized spacial score (nSPS) is 11.8. The lowest BCUT2D eigenvalue weighted by molar-refractivity contribution is 0.0938. The fraction of sp³-hybridized carbons (Fsp3) is 0.0526. The first kappa shape index (κ1) is 15.8. The molecule has 0 bridgehead atoms. The molecule has 1 aromatic heterocycles. The van der Waals surface area contributed by atoms with Crippen LogP contribution in [-0.4, -0.2) is 10.9 Å². The molecule has 1 atom stereocenters. The molecule has 0 spiro atoms. The molecule has 1 unspecified atom stereocenters. The van der Waals surface area contributed by atoms with E-state index in [1.807, 2.05) is 36.4 Å². The zero-order valence-electron chi connectivity index (χ0n) is 12.6. The van der Waals surface area contributed by atoms with Crippen LogP contribution in [-0.2, 0) is 0 Å². The van der Waals surface area contributed by atoms with Crippen molar-refractivity contribution in [2.45, 2.75) is 6.04 Å². The maximum Gasteiger partial charge on any atom is 0.255 e. The Morgan fingerprint density at radius 3 is 2.38 bits per heavy atom. The van der Waals surface area contributed by atoms with Crippen molar-refractivity contribution in [2.24, 2.45) is 0 Å². The molecule has 2 aromatic carbocycles. The van der Waals surface area contributed by atoms with Gasteiger partial charge in [0.15, 0.2) is 0 Å². The highest BCUT2D eigenvalue weighted by molar-refractivity contribution is 5.94. The molecule has 120 valence electrons. The number of carbonyl (C=O) groups excluding carboxylic acids is 1. The second-order valence-electron chi connectivity index (χ2n) is 5.20. The topological polar surface area (TPSA) is 42.0 Å². The molecular weight excluding hydrogens is 310 g/mol. The summed E-state index contributed by atoms with van der Waals surface area (Å²) in [6.07, 6.45) is 1.62. The van der Waals surface area contributed by atoms with Gasteiger partial charge in [0.1, 0.15) is 11.6 Å². The molecule has 0 saturated carbocycles. The molecule has 24 heavy (non-hydrogen) atoms. The van der Waals surface area contributed by atoms with Crippen molar-refractivity contribution >= 4 is 5.91 Å². The Morgan fingerprint density at radius 2 is 1.71 bits per heavy atom. The van der Waals surface area contributed by atoms with Gasteiger partial charge in [-0.05, 0) is 29.8 Å². The van der Waals surface area contributed by atoms with E-state index < -0.39 is 23.6 Å². The number of amides is 1. The van der Waals surface area contributed by atoms with Gasteiger partial charge in [-0.25, -0.2) is 8.78 Å². The van der Waals surface area contributed by atoms with E-state index in [2.05, 4.69) is 10.3 Å². The largest absolute Gasteiger partial charge is 0.339 e. The van der Waals surface area contributed by atoms with Crippen molar-refractivity contribution in [2.75, 3.05) is 0 Å². The highest BCUT2D eigenvalue weighted by Crippen LogP contribution is 2.21. The van der Waals surface area contributed by atoms with Crippen LogP contribution in [0.1, 0.15) is 27.7 Å². The lowest BCUT2D eigenvalue weighted by atomic mass is 10.0. The van der Waals surface area contributed by atoms with Crippen LogP contribution in [0.4, 0.5) is 8.78 Å². The summed E-state index contributed by atoms with van der Waals surface area (Å²) in [7, 11) is 0. The number of hydrogen-bond acceptors (Lipinski definition) is 2. The number of nitrogens with zero attached hydrogens (tertiary/aromatic N) is 1. The van der Waals surface area contributed by atoms with Crippen LogP contribution in [0.3, 0.4) is 0 Å². The van der Waals surface area contributed by atoms with Gasteiger partial charge in [-0.3, -0.25) is 9.78 Å². The highest BCUT2D eigenvalue weighted by Gasteiger charge is 2.20. The van der Waals surface area contributed by atoms with E-state index in [0.717, 1.165) is 17.7 Å². The molecule has 0 aliphatic heterocycles. The van der Waals surface area contributed by atoms with E-state index in [1.165, 1.54) is 0 Å². The Kier molecular flexibility index (Phi) is 4.61. The number of rotatable bonds is 4. The zero-order valence-corrected chi connectivity index (χ0v) is 12.6. The third kappa shape index (κ3) is 3.46. The number of carbonyl (C=O) groups is 1. The number of benzene rings is 2. The van der Waals surface area contributed by atoms with Crippen molar-refractivity contribution in [1.29, 1.82) is 0 Å². The van der Waals surface area contributed by atoms with E-state index in [4.69, 9.17) is 0 Å². The Balaban J connectivity index is 1.94. The molecule has 3 rings (SSSR count). The minimum absolute atomic E-state index is 0.215. The van der Waals surface area contributed by atoms with Crippen LogP contribution >= 0.6 is 0 Å². The Bertz CT molecular complexity index is 799. The van der Waals surface area contributed by atoms with Gasteiger partial charge in [-0.1, -0.05) is 36.4 Å². The summed E-state index contributed by atoms with van der Waals surface area (Å²) in [6, 6.07) is 16.9. The number of nitrogens with one attached hydrogen (secondary N) is 1. The third-order valence-electron chi connectivity index (χ3n) is 3.57. The van der Waals surface area contributed by atoms with Crippen LogP contribution < -0.4 is 5.32 Å². The number of halogens is 2. The van der Waals surface area contributed by atoms with Gasteiger partial charge in [-0.2, -0.15) is 0 Å². The van der Waals surface area contributed by atoms with Crippen LogP contribution in [0.5, 0.6) is 0 Å². The lowest BCUT2D eigenvalue weighted by Gasteiger charge is -2.19. The van der Waals surface area contributed by atoms with Gasteiger partial charge in [0, 0.05) is 12.3 Å². The van der Waals surface area contributed by atoms with Crippen LogP contribution in [0.2, 0.25) is 0 Å². The molecule has 5 heteroatoms. The van der Waals surface area contributed by atoms with Crippen molar-refractivity contribution in [3.63, 3.8) is 0 Å². The van der Waals surface area contributed by atoms with Crippen LogP contribution in [0.25, 0.3) is 0 Å². The first-order valence-electron chi connectivity index (χ1n) is 7.37. The SMILES string of the molecule is O=C(NC(c1ccccc1)c1ccccn1)c1ccc(F)cc1F. The predicted molar refractivity (Wildman–Crippen MR) is 86.3 cm³/mol. The first-order valence-corrected chi connectivity index (χ1v) is 7.37. The molecule has 1 heterocycles. The summed E-state index contributed by atoms with van der Waals surface area (Å²) in [5.74, 6) is -2.26. The average molecular weight is 324 g/mol. The fourth-order valence-electron chi connectivity index (χ4n) is 2.40. The molecule has 1 N–H and O–H groups in total. The average Bonchev–Trinajstić information content (AvgIpc) is 2.61. The van der Waals surface area contributed by atoms with Crippen LogP contribution in [0.15, 0.2) is 72.9 Å². The van der Waals surface area contributed by atoms with Crippen molar-refractivity contribution < 1.29 is 13.6 Å². The Morgan fingerprint density at radius 1 is 0.958 bits per heavy atom. The van der Waals surface area contributed by atoms with Gasteiger partial charge in [-0.15, -0.1) is 0 Å². The predicted octanol–water partition coefficient (Wildman–Crippen LogP) is 3.88. The standard InChI is InChI=1S/C19H14F2N2O/c20-14-9-10-15(16(21)12-14)19(24)23-18(13-6-2-1-3-7-13)17-8-4-5-11-22-17/h1-12,18H,(H,23,24). The number of hydrogen-bond donors (Lipinski definition) is 1. The molecule has 0 radical (unpaired) electrons. The Hall–Kier alpha value is -3.08. The smallest absolute Gasteiger partial charge is 0.255 e. The molecule has 0 aliphatic carbocycles. The summed E-state index contributed by atoms with van der Waals surface area (Å²) in [6.45, 7) is 0. The summed E-state index contributed by atoms with van der Waals surface area (Å²) < 4.78 is 26.9. The number of aromatic nitrogens is 1. The molecular formula is C19H14F2N2O. The monoisotopic (exact) mass is 324 g/mol. The van der Waals surface area contributed by atoms with Gasteiger partial charge >= 0.3 is 0 Å². The second-order valence-corrected chi connectivity index (χ2v) is 5.20.